The molecule has 0 bridgehead atoms. The highest BCUT2D eigenvalue weighted by atomic mass is 16.5. The summed E-state index contributed by atoms with van der Waals surface area (Å²) < 4.78 is 5.22. The molecule has 1 atom stereocenters. The van der Waals surface area contributed by atoms with Gasteiger partial charge in [-0.05, 0) is 25.3 Å². The van der Waals surface area contributed by atoms with E-state index >= 15 is 0 Å². The van der Waals surface area contributed by atoms with Crippen molar-refractivity contribution in [3.8, 4) is 0 Å². The number of likely N-dealkylation sites (tertiary alicyclic amines) is 1. The Bertz CT molecular complexity index is 580. The van der Waals surface area contributed by atoms with E-state index in [2.05, 4.69) is 0 Å². The first kappa shape index (κ1) is 16.0. The minimum atomic E-state index is -0.684. The quantitative estimate of drug-likeness (QED) is 0.840. The molecule has 0 spiro atoms. The van der Waals surface area contributed by atoms with Gasteiger partial charge in [0.25, 0.3) is 0 Å². The van der Waals surface area contributed by atoms with Crippen LogP contribution < -0.4 is 0 Å². The third-order valence-corrected chi connectivity index (χ3v) is 5.09. The number of aliphatic hydroxyl groups is 1. The zero-order valence-electron chi connectivity index (χ0n) is 13.4. The molecule has 23 heavy (non-hydrogen) atoms. The summed E-state index contributed by atoms with van der Waals surface area (Å²) in [6.45, 7) is 3.23. The minimum absolute atomic E-state index is 0.0684. The first-order valence-corrected chi connectivity index (χ1v) is 8.22. The summed E-state index contributed by atoms with van der Waals surface area (Å²) in [6.07, 6.45) is 0.710. The third-order valence-electron chi connectivity index (χ3n) is 5.09. The maximum atomic E-state index is 12.4. The van der Waals surface area contributed by atoms with Gasteiger partial charge in [0.05, 0.1) is 18.1 Å². The van der Waals surface area contributed by atoms with Crippen molar-refractivity contribution in [2.45, 2.75) is 38.8 Å². The first-order valence-electron chi connectivity index (χ1n) is 8.22. The number of esters is 1. The summed E-state index contributed by atoms with van der Waals surface area (Å²) in [7, 11) is 0. The van der Waals surface area contributed by atoms with E-state index in [9.17, 15) is 14.7 Å². The maximum absolute atomic E-state index is 12.4. The summed E-state index contributed by atoms with van der Waals surface area (Å²) in [5.41, 5.74) is 0.400. The monoisotopic (exact) mass is 317 g/mol. The minimum Gasteiger partial charge on any atom is -0.466 e. The molecule has 0 aromatic heterocycles. The topological polar surface area (TPSA) is 66.8 Å². The van der Waals surface area contributed by atoms with Gasteiger partial charge in [-0.2, -0.15) is 0 Å². The van der Waals surface area contributed by atoms with Gasteiger partial charge in [0.15, 0.2) is 0 Å². The van der Waals surface area contributed by atoms with Crippen LogP contribution in [-0.2, 0) is 20.9 Å². The van der Waals surface area contributed by atoms with Crippen molar-refractivity contribution in [3.63, 3.8) is 0 Å². The molecule has 5 nitrogen and oxygen atoms in total. The normalized spacial score (nSPS) is 30.2. The van der Waals surface area contributed by atoms with Gasteiger partial charge in [-0.1, -0.05) is 30.3 Å². The van der Waals surface area contributed by atoms with E-state index in [1.54, 1.807) is 6.92 Å². The van der Waals surface area contributed by atoms with Crippen LogP contribution in [0.4, 0.5) is 0 Å². The molecule has 1 unspecified atom stereocenters. The molecular formula is C18H23NO4. The summed E-state index contributed by atoms with van der Waals surface area (Å²) in [5, 5.41) is 9.72. The van der Waals surface area contributed by atoms with Crippen LogP contribution >= 0.6 is 0 Å². The van der Waals surface area contributed by atoms with Crippen LogP contribution in [0.5, 0.6) is 0 Å². The van der Waals surface area contributed by atoms with Gasteiger partial charge in [-0.3, -0.25) is 9.59 Å². The molecule has 5 heteroatoms. The Morgan fingerprint density at radius 3 is 2.65 bits per heavy atom. The summed E-state index contributed by atoms with van der Waals surface area (Å²) >= 11 is 0. The second-order valence-corrected chi connectivity index (χ2v) is 6.60. The molecule has 1 aliphatic carbocycles. The van der Waals surface area contributed by atoms with E-state index in [0.29, 0.717) is 39.0 Å². The Balaban J connectivity index is 1.71. The molecule has 0 radical (unpaired) electrons. The Labute approximate surface area is 136 Å². The molecule has 1 saturated carbocycles. The van der Waals surface area contributed by atoms with Gasteiger partial charge >= 0.3 is 5.97 Å². The standard InChI is InChI=1S/C18H23NO4/c1-2-23-17(22)18(9-15(20)10-18)14-8-16(21)19(12-14)11-13-6-4-3-5-7-13/h3-7,14-15,20H,2,8-12H2,1H3. The highest BCUT2D eigenvalue weighted by molar-refractivity contribution is 5.83. The van der Waals surface area contributed by atoms with Crippen LogP contribution in [0.2, 0.25) is 0 Å². The van der Waals surface area contributed by atoms with Crippen molar-refractivity contribution in [3.05, 3.63) is 35.9 Å². The Kier molecular flexibility index (Phi) is 4.39. The van der Waals surface area contributed by atoms with E-state index in [4.69, 9.17) is 4.74 Å². The molecule has 1 aromatic carbocycles. The van der Waals surface area contributed by atoms with Crippen molar-refractivity contribution in [2.75, 3.05) is 13.2 Å². The van der Waals surface area contributed by atoms with Gasteiger partial charge in [-0.25, -0.2) is 0 Å². The Morgan fingerprint density at radius 2 is 2.04 bits per heavy atom. The zero-order chi connectivity index (χ0) is 16.4. The second kappa shape index (κ2) is 6.32. The highest BCUT2D eigenvalue weighted by Crippen LogP contribution is 2.51. The first-order chi connectivity index (χ1) is 11.0. The lowest BCUT2D eigenvalue weighted by molar-refractivity contribution is -0.176. The van der Waals surface area contributed by atoms with Gasteiger partial charge in [-0.15, -0.1) is 0 Å². The molecule has 3 rings (SSSR count). The molecule has 124 valence electrons. The fraction of sp³-hybridized carbons (Fsp3) is 0.556. The number of hydrogen-bond donors (Lipinski definition) is 1. The predicted molar refractivity (Wildman–Crippen MR) is 84.3 cm³/mol. The highest BCUT2D eigenvalue weighted by Gasteiger charge is 2.58. The van der Waals surface area contributed by atoms with Gasteiger partial charge in [0.2, 0.25) is 5.91 Å². The number of aliphatic hydroxyl groups excluding tert-OH is 1. The van der Waals surface area contributed by atoms with Crippen molar-refractivity contribution in [1.82, 2.24) is 4.90 Å². The van der Waals surface area contributed by atoms with Crippen LogP contribution in [0.3, 0.4) is 0 Å². The lowest BCUT2D eigenvalue weighted by Gasteiger charge is -2.46. The number of benzene rings is 1. The number of rotatable bonds is 5. The smallest absolute Gasteiger partial charge is 0.312 e. The average molecular weight is 317 g/mol. The van der Waals surface area contributed by atoms with Crippen LogP contribution in [-0.4, -0.2) is 41.1 Å². The van der Waals surface area contributed by atoms with Gasteiger partial charge in [0.1, 0.15) is 0 Å². The van der Waals surface area contributed by atoms with E-state index in [1.807, 2.05) is 35.2 Å². The third kappa shape index (κ3) is 2.98. The van der Waals surface area contributed by atoms with Crippen LogP contribution in [0, 0.1) is 11.3 Å². The number of ether oxygens (including phenoxy) is 1. The second-order valence-electron chi connectivity index (χ2n) is 6.60. The molecule has 1 aliphatic heterocycles. The van der Waals surface area contributed by atoms with Gasteiger partial charge < -0.3 is 14.7 Å². The molecule has 1 amide bonds. The molecule has 1 heterocycles. The van der Waals surface area contributed by atoms with Crippen molar-refractivity contribution < 1.29 is 19.4 Å². The van der Waals surface area contributed by atoms with Crippen LogP contribution in [0.25, 0.3) is 0 Å². The molecule has 1 N–H and O–H groups in total. The zero-order valence-corrected chi connectivity index (χ0v) is 13.4. The summed E-state index contributed by atoms with van der Waals surface area (Å²) in [4.78, 5) is 26.5. The number of carbonyl (C=O) groups is 2. The van der Waals surface area contributed by atoms with E-state index < -0.39 is 11.5 Å². The molecule has 1 saturated heterocycles. The number of amides is 1. The lowest BCUT2D eigenvalue weighted by Crippen LogP contribution is -2.53. The van der Waals surface area contributed by atoms with Crippen molar-refractivity contribution in [1.29, 1.82) is 0 Å². The van der Waals surface area contributed by atoms with E-state index in [0.717, 1.165) is 5.56 Å². The molecule has 2 fully saturated rings. The summed E-state index contributed by atoms with van der Waals surface area (Å²) in [5.74, 6) is -0.255. The Morgan fingerprint density at radius 1 is 1.35 bits per heavy atom. The lowest BCUT2D eigenvalue weighted by atomic mass is 9.59. The Hall–Kier alpha value is -1.88. The van der Waals surface area contributed by atoms with Crippen molar-refractivity contribution >= 4 is 11.9 Å². The average Bonchev–Trinajstić information content (AvgIpc) is 2.86. The number of nitrogens with zero attached hydrogens (tertiary/aromatic N) is 1. The van der Waals surface area contributed by atoms with Crippen LogP contribution in [0.15, 0.2) is 30.3 Å². The number of hydrogen-bond acceptors (Lipinski definition) is 4. The van der Waals surface area contributed by atoms with Crippen LogP contribution in [0.1, 0.15) is 31.7 Å². The van der Waals surface area contributed by atoms with E-state index in [-0.39, 0.29) is 17.8 Å². The summed E-state index contributed by atoms with van der Waals surface area (Å²) in [6, 6.07) is 9.85. The van der Waals surface area contributed by atoms with E-state index in [1.165, 1.54) is 0 Å². The van der Waals surface area contributed by atoms with Gasteiger partial charge in [0, 0.05) is 25.4 Å². The largest absolute Gasteiger partial charge is 0.466 e. The van der Waals surface area contributed by atoms with Crippen molar-refractivity contribution in [2.24, 2.45) is 11.3 Å². The molecule has 2 aliphatic rings. The SMILES string of the molecule is CCOC(=O)C1(C2CC(=O)N(Cc3ccccc3)C2)CC(O)C1. The fourth-order valence-corrected chi connectivity index (χ4v) is 3.82. The molecule has 1 aromatic rings. The fourth-order valence-electron chi connectivity index (χ4n) is 3.82. The predicted octanol–water partition coefficient (Wildman–Crippen LogP) is 1.74. The maximum Gasteiger partial charge on any atom is 0.312 e. The number of carbonyl (C=O) groups excluding carboxylic acids is 2. The molecular weight excluding hydrogens is 294 g/mol.